The van der Waals surface area contributed by atoms with Gasteiger partial charge in [0, 0.05) is 33.1 Å². The third-order valence-electron chi connectivity index (χ3n) is 5.40. The zero-order valence-corrected chi connectivity index (χ0v) is 20.6. The third kappa shape index (κ3) is 6.26. The number of hydrogen-bond donors (Lipinski definition) is 3. The van der Waals surface area contributed by atoms with Gasteiger partial charge < -0.3 is 15.7 Å². The number of nitrogens with zero attached hydrogens (tertiary/aromatic N) is 1. The number of carboxylic acids is 1. The normalized spacial score (nSPS) is 11.6. The number of aliphatic carboxylic acids is 1. The highest BCUT2D eigenvalue weighted by Crippen LogP contribution is 2.33. The molecule has 0 aliphatic carbocycles. The van der Waals surface area contributed by atoms with E-state index < -0.39 is 17.9 Å². The van der Waals surface area contributed by atoms with Gasteiger partial charge in [0.2, 0.25) is 0 Å². The Morgan fingerprint density at radius 3 is 2.46 bits per heavy atom. The molecule has 0 spiro atoms. The molecule has 1 atom stereocenters. The molecule has 1 unspecified atom stereocenters. The molecule has 35 heavy (non-hydrogen) atoms. The molecule has 0 radical (unpaired) electrons. The second kappa shape index (κ2) is 11.2. The highest BCUT2D eigenvalue weighted by molar-refractivity contribution is 7.16. The van der Waals surface area contributed by atoms with Crippen LogP contribution in [0.4, 0.5) is 10.8 Å². The van der Waals surface area contributed by atoms with Gasteiger partial charge in [-0.15, -0.1) is 11.3 Å². The predicted molar refractivity (Wildman–Crippen MR) is 141 cm³/mol. The summed E-state index contributed by atoms with van der Waals surface area (Å²) in [6, 6.07) is 22.7. The number of hydrogen-bond acceptors (Lipinski definition) is 5. The Hall–Kier alpha value is -3.68. The first-order chi connectivity index (χ1) is 16.9. The number of carboxylic acid groups (broad SMARTS) is 1. The Bertz CT molecular complexity index is 1320. The maximum atomic E-state index is 12.8. The van der Waals surface area contributed by atoms with Crippen LogP contribution < -0.4 is 10.6 Å². The number of aryl methyl sites for hydroxylation is 1. The van der Waals surface area contributed by atoms with E-state index in [0.717, 1.165) is 28.1 Å². The average Bonchev–Trinajstić information content (AvgIpc) is 3.27. The van der Waals surface area contributed by atoms with Gasteiger partial charge in [-0.05, 0) is 42.3 Å². The van der Waals surface area contributed by atoms with Crippen LogP contribution in [0, 0.1) is 0 Å². The maximum Gasteiger partial charge on any atom is 0.326 e. The van der Waals surface area contributed by atoms with Crippen LogP contribution in [0.2, 0.25) is 5.02 Å². The van der Waals surface area contributed by atoms with Gasteiger partial charge in [0.1, 0.15) is 6.04 Å². The highest BCUT2D eigenvalue weighted by Gasteiger charge is 2.21. The fourth-order valence-corrected chi connectivity index (χ4v) is 4.70. The van der Waals surface area contributed by atoms with E-state index in [1.807, 2.05) is 60.7 Å². The first-order valence-electron chi connectivity index (χ1n) is 11.1. The third-order valence-corrected chi connectivity index (χ3v) is 6.77. The molecule has 0 fully saturated rings. The first kappa shape index (κ1) is 24.4. The number of thiazole rings is 1. The number of halogens is 1. The number of nitrogens with one attached hydrogen (secondary N) is 2. The predicted octanol–water partition coefficient (Wildman–Crippen LogP) is 6.20. The van der Waals surface area contributed by atoms with Crippen LogP contribution in [-0.4, -0.2) is 28.0 Å². The van der Waals surface area contributed by atoms with Gasteiger partial charge in [0.25, 0.3) is 5.91 Å². The number of carbonyl (C=O) groups excluding carboxylic acids is 1. The first-order valence-corrected chi connectivity index (χ1v) is 12.3. The van der Waals surface area contributed by atoms with E-state index in [4.69, 9.17) is 16.6 Å². The van der Waals surface area contributed by atoms with E-state index in [9.17, 15) is 14.7 Å². The molecule has 1 aromatic heterocycles. The van der Waals surface area contributed by atoms with Crippen molar-refractivity contribution in [2.45, 2.75) is 25.8 Å². The quantitative estimate of drug-likeness (QED) is 0.252. The van der Waals surface area contributed by atoms with Crippen LogP contribution >= 0.6 is 22.9 Å². The van der Waals surface area contributed by atoms with Crippen LogP contribution in [0.3, 0.4) is 0 Å². The van der Waals surface area contributed by atoms with Crippen LogP contribution in [0.5, 0.6) is 0 Å². The van der Waals surface area contributed by atoms with Crippen molar-refractivity contribution in [3.8, 4) is 11.3 Å². The summed E-state index contributed by atoms with van der Waals surface area (Å²) in [6.45, 7) is 2.08. The molecule has 1 amide bonds. The Kier molecular flexibility index (Phi) is 7.80. The van der Waals surface area contributed by atoms with E-state index in [-0.39, 0.29) is 6.42 Å². The number of carbonyl (C=O) groups is 2. The van der Waals surface area contributed by atoms with Crippen molar-refractivity contribution in [2.75, 3.05) is 5.32 Å². The number of amides is 1. The number of aromatic nitrogens is 1. The van der Waals surface area contributed by atoms with Crippen molar-refractivity contribution in [1.29, 1.82) is 0 Å². The lowest BCUT2D eigenvalue weighted by molar-refractivity contribution is -0.139. The zero-order chi connectivity index (χ0) is 24.8. The molecule has 0 saturated heterocycles. The summed E-state index contributed by atoms with van der Waals surface area (Å²) in [5.41, 5.74) is 3.77. The van der Waals surface area contributed by atoms with E-state index in [1.54, 1.807) is 29.5 Å². The minimum atomic E-state index is -1.08. The Morgan fingerprint density at radius 1 is 1.03 bits per heavy atom. The highest BCUT2D eigenvalue weighted by atomic mass is 35.5. The molecule has 3 N–H and O–H groups in total. The molecule has 8 heteroatoms. The fraction of sp³-hybridized carbons (Fsp3) is 0.148. The molecule has 0 saturated carbocycles. The lowest BCUT2D eigenvalue weighted by Gasteiger charge is -2.15. The standard InChI is InChI=1S/C27H24ClN3O3S/c1-2-23-24(18-11-13-20(28)14-12-18)31-27(35-23)29-21-10-6-9-19(16-21)25(32)30-22(26(33)34)15-17-7-4-3-5-8-17/h3-14,16,22H,2,15H2,1H3,(H,29,31)(H,30,32)(H,33,34). The zero-order valence-electron chi connectivity index (χ0n) is 19.0. The molecule has 1 heterocycles. The monoisotopic (exact) mass is 505 g/mol. The van der Waals surface area contributed by atoms with Gasteiger partial charge in [-0.2, -0.15) is 0 Å². The van der Waals surface area contributed by atoms with E-state index in [0.29, 0.717) is 21.4 Å². The van der Waals surface area contributed by atoms with Crippen LogP contribution in [0.15, 0.2) is 78.9 Å². The van der Waals surface area contributed by atoms with Crippen molar-refractivity contribution in [2.24, 2.45) is 0 Å². The Labute approximate surface area is 212 Å². The summed E-state index contributed by atoms with van der Waals surface area (Å²) in [5, 5.41) is 16.9. The molecule has 3 aromatic carbocycles. The number of anilines is 2. The van der Waals surface area contributed by atoms with Gasteiger partial charge in [-0.1, -0.05) is 67.1 Å². The van der Waals surface area contributed by atoms with Crippen LogP contribution in [0.25, 0.3) is 11.3 Å². The number of benzene rings is 3. The van der Waals surface area contributed by atoms with Gasteiger partial charge in [-0.25, -0.2) is 9.78 Å². The van der Waals surface area contributed by atoms with Gasteiger partial charge in [0.05, 0.1) is 5.69 Å². The molecule has 0 aliphatic heterocycles. The molecule has 4 aromatic rings. The van der Waals surface area contributed by atoms with Crippen molar-refractivity contribution in [3.63, 3.8) is 0 Å². The lowest BCUT2D eigenvalue weighted by atomic mass is 10.1. The van der Waals surface area contributed by atoms with Gasteiger partial charge in [0.15, 0.2) is 5.13 Å². The average molecular weight is 506 g/mol. The molecule has 178 valence electrons. The summed E-state index contributed by atoms with van der Waals surface area (Å²) in [4.78, 5) is 30.5. The van der Waals surface area contributed by atoms with E-state index >= 15 is 0 Å². The largest absolute Gasteiger partial charge is 0.480 e. The molecule has 0 bridgehead atoms. The number of rotatable bonds is 9. The maximum absolute atomic E-state index is 12.8. The second-order valence-corrected chi connectivity index (χ2v) is 9.43. The fourth-order valence-electron chi connectivity index (χ4n) is 3.63. The topological polar surface area (TPSA) is 91.3 Å². The van der Waals surface area contributed by atoms with Crippen molar-refractivity contribution in [3.05, 3.63) is 99.9 Å². The minimum Gasteiger partial charge on any atom is -0.480 e. The van der Waals surface area contributed by atoms with E-state index in [1.165, 1.54) is 0 Å². The van der Waals surface area contributed by atoms with Crippen molar-refractivity contribution < 1.29 is 14.7 Å². The van der Waals surface area contributed by atoms with E-state index in [2.05, 4.69) is 17.6 Å². The summed E-state index contributed by atoms with van der Waals surface area (Å²) >= 11 is 7.57. The molecule has 0 aliphatic rings. The van der Waals surface area contributed by atoms with Crippen LogP contribution in [0.1, 0.15) is 27.7 Å². The van der Waals surface area contributed by atoms with Crippen LogP contribution in [-0.2, 0) is 17.6 Å². The molecule has 6 nitrogen and oxygen atoms in total. The SMILES string of the molecule is CCc1sc(Nc2cccc(C(=O)NC(Cc3ccccc3)C(=O)O)c2)nc1-c1ccc(Cl)cc1. The summed E-state index contributed by atoms with van der Waals surface area (Å²) in [6.07, 6.45) is 1.03. The Morgan fingerprint density at radius 2 is 1.77 bits per heavy atom. The minimum absolute atomic E-state index is 0.201. The van der Waals surface area contributed by atoms with Gasteiger partial charge in [-0.3, -0.25) is 4.79 Å². The second-order valence-electron chi connectivity index (χ2n) is 7.91. The molecular weight excluding hydrogens is 482 g/mol. The Balaban J connectivity index is 1.49. The summed E-state index contributed by atoms with van der Waals surface area (Å²) < 4.78 is 0. The smallest absolute Gasteiger partial charge is 0.326 e. The summed E-state index contributed by atoms with van der Waals surface area (Å²) in [5.74, 6) is -1.53. The molecular formula is C27H24ClN3O3S. The molecule has 4 rings (SSSR count). The lowest BCUT2D eigenvalue weighted by Crippen LogP contribution is -2.42. The summed E-state index contributed by atoms with van der Waals surface area (Å²) in [7, 11) is 0. The van der Waals surface area contributed by atoms with Crippen molar-refractivity contribution >= 4 is 45.6 Å². The van der Waals surface area contributed by atoms with Gasteiger partial charge >= 0.3 is 5.97 Å². The van der Waals surface area contributed by atoms with Crippen molar-refractivity contribution in [1.82, 2.24) is 10.3 Å².